The van der Waals surface area contributed by atoms with Gasteiger partial charge in [0.25, 0.3) is 0 Å². The molecular formula is C23H25F6N5. The molecule has 1 atom stereocenters. The summed E-state index contributed by atoms with van der Waals surface area (Å²) in [6, 6.07) is 4.85. The van der Waals surface area contributed by atoms with Gasteiger partial charge in [-0.05, 0) is 49.6 Å². The van der Waals surface area contributed by atoms with Gasteiger partial charge in [0.15, 0.2) is 0 Å². The lowest BCUT2D eigenvalue weighted by Gasteiger charge is -2.34. The normalized spacial score (nSPS) is 18.1. The number of likely N-dealkylation sites (tertiary alicyclic amines) is 1. The maximum atomic E-state index is 13.7. The van der Waals surface area contributed by atoms with Gasteiger partial charge in [0.1, 0.15) is 5.69 Å². The van der Waals surface area contributed by atoms with E-state index in [0.717, 1.165) is 38.5 Å². The van der Waals surface area contributed by atoms with Crippen molar-refractivity contribution in [2.75, 3.05) is 25.0 Å². The highest BCUT2D eigenvalue weighted by atomic mass is 19.4. The molecule has 1 aromatic carbocycles. The second kappa shape index (κ2) is 9.09. The van der Waals surface area contributed by atoms with Crippen LogP contribution in [0.4, 0.5) is 32.3 Å². The predicted molar refractivity (Wildman–Crippen MR) is 116 cm³/mol. The van der Waals surface area contributed by atoms with Crippen LogP contribution in [0.1, 0.15) is 37.8 Å². The molecule has 0 spiro atoms. The van der Waals surface area contributed by atoms with Crippen LogP contribution in [0.5, 0.6) is 0 Å². The van der Waals surface area contributed by atoms with Crippen molar-refractivity contribution in [3.05, 3.63) is 47.7 Å². The molecule has 2 aromatic heterocycles. The molecule has 1 aliphatic heterocycles. The maximum absolute atomic E-state index is 13.7. The van der Waals surface area contributed by atoms with E-state index in [1.807, 2.05) is 0 Å². The zero-order chi connectivity index (χ0) is 24.7. The molecule has 11 heteroatoms. The van der Waals surface area contributed by atoms with E-state index >= 15 is 0 Å². The number of aromatic nitrogens is 3. The number of fused-ring (bicyclic) bond motifs is 1. The Morgan fingerprint density at radius 3 is 2.50 bits per heavy atom. The first-order chi connectivity index (χ1) is 15.9. The van der Waals surface area contributed by atoms with Crippen molar-refractivity contribution >= 4 is 11.5 Å². The lowest BCUT2D eigenvalue weighted by molar-refractivity contribution is -0.142. The summed E-state index contributed by atoms with van der Waals surface area (Å²) in [7, 11) is 0. The third-order valence-electron chi connectivity index (χ3n) is 5.83. The number of halogens is 6. The number of nitrogens with zero attached hydrogens (tertiary/aromatic N) is 4. The minimum Gasteiger partial charge on any atom is -0.350 e. The Kier molecular flexibility index (Phi) is 6.50. The van der Waals surface area contributed by atoms with E-state index in [-0.39, 0.29) is 17.8 Å². The highest BCUT2D eigenvalue weighted by Crippen LogP contribution is 2.41. The van der Waals surface area contributed by atoms with Gasteiger partial charge in [0, 0.05) is 30.9 Å². The summed E-state index contributed by atoms with van der Waals surface area (Å²) in [5, 5.41) is 11.5. The molecule has 1 unspecified atom stereocenters. The van der Waals surface area contributed by atoms with Gasteiger partial charge in [-0.25, -0.2) is 0 Å². The Morgan fingerprint density at radius 1 is 1.06 bits per heavy atom. The van der Waals surface area contributed by atoms with E-state index in [1.165, 1.54) is 0 Å². The minimum absolute atomic E-state index is 0.0926. The molecular weight excluding hydrogens is 460 g/mol. The zero-order valence-corrected chi connectivity index (χ0v) is 18.7. The molecule has 0 aliphatic carbocycles. The fourth-order valence-corrected chi connectivity index (χ4v) is 4.45. The lowest BCUT2D eigenvalue weighted by Crippen LogP contribution is -2.43. The molecule has 0 saturated carbocycles. The van der Waals surface area contributed by atoms with Gasteiger partial charge >= 0.3 is 12.4 Å². The van der Waals surface area contributed by atoms with Gasteiger partial charge in [0.2, 0.25) is 5.95 Å². The zero-order valence-electron chi connectivity index (χ0n) is 18.7. The molecule has 34 heavy (non-hydrogen) atoms. The molecule has 0 bridgehead atoms. The molecule has 1 saturated heterocycles. The van der Waals surface area contributed by atoms with Gasteiger partial charge in [-0.3, -0.25) is 4.40 Å². The smallest absolute Gasteiger partial charge is 0.350 e. The SMILES string of the molecule is CC(C)CN1CCCC(Nc2nnc(-c3ccc(C(F)(F)F)cc3C(F)(F)F)c3cccn23)C1. The summed E-state index contributed by atoms with van der Waals surface area (Å²) in [6.07, 6.45) is -6.34. The first-order valence-corrected chi connectivity index (χ1v) is 11.0. The van der Waals surface area contributed by atoms with E-state index in [1.54, 1.807) is 22.7 Å². The van der Waals surface area contributed by atoms with Gasteiger partial charge in [-0.2, -0.15) is 26.3 Å². The van der Waals surface area contributed by atoms with Crippen molar-refractivity contribution in [1.29, 1.82) is 0 Å². The quantitative estimate of drug-likeness (QED) is 0.453. The number of piperidine rings is 1. The van der Waals surface area contributed by atoms with Crippen molar-refractivity contribution < 1.29 is 26.3 Å². The molecule has 3 aromatic rings. The summed E-state index contributed by atoms with van der Waals surface area (Å²) < 4.78 is 81.9. The summed E-state index contributed by atoms with van der Waals surface area (Å²) in [4.78, 5) is 2.36. The lowest BCUT2D eigenvalue weighted by atomic mass is 10.00. The van der Waals surface area contributed by atoms with Crippen molar-refractivity contribution in [2.45, 2.75) is 45.1 Å². The van der Waals surface area contributed by atoms with Crippen molar-refractivity contribution in [3.8, 4) is 11.3 Å². The molecule has 5 nitrogen and oxygen atoms in total. The summed E-state index contributed by atoms with van der Waals surface area (Å²) in [6.45, 7) is 7.09. The topological polar surface area (TPSA) is 45.5 Å². The van der Waals surface area contributed by atoms with Crippen LogP contribution in [0.15, 0.2) is 36.5 Å². The number of benzene rings is 1. The molecule has 4 rings (SSSR count). The summed E-state index contributed by atoms with van der Waals surface area (Å²) >= 11 is 0. The highest BCUT2D eigenvalue weighted by Gasteiger charge is 2.39. The first-order valence-electron chi connectivity index (χ1n) is 11.0. The van der Waals surface area contributed by atoms with E-state index in [0.29, 0.717) is 23.4 Å². The van der Waals surface area contributed by atoms with Crippen LogP contribution in [0, 0.1) is 5.92 Å². The Morgan fingerprint density at radius 2 is 1.82 bits per heavy atom. The molecule has 1 aliphatic rings. The van der Waals surface area contributed by atoms with E-state index in [2.05, 4.69) is 34.3 Å². The van der Waals surface area contributed by atoms with Crippen LogP contribution in [0.25, 0.3) is 16.8 Å². The Hall–Kier alpha value is -2.82. The summed E-state index contributed by atoms with van der Waals surface area (Å²) in [5.41, 5.74) is -3.05. The van der Waals surface area contributed by atoms with Crippen LogP contribution in [-0.4, -0.2) is 45.2 Å². The number of alkyl halides is 6. The van der Waals surface area contributed by atoms with Gasteiger partial charge in [0.05, 0.1) is 16.6 Å². The van der Waals surface area contributed by atoms with Gasteiger partial charge < -0.3 is 10.2 Å². The van der Waals surface area contributed by atoms with E-state index in [9.17, 15) is 26.3 Å². The molecule has 184 valence electrons. The number of rotatable bonds is 5. The Labute approximate surface area is 192 Å². The average molecular weight is 485 g/mol. The van der Waals surface area contributed by atoms with Crippen molar-refractivity contribution in [2.24, 2.45) is 5.92 Å². The number of hydrogen-bond donors (Lipinski definition) is 1. The molecule has 0 amide bonds. The third kappa shape index (κ3) is 5.13. The number of nitrogens with one attached hydrogen (secondary N) is 1. The average Bonchev–Trinajstić information content (AvgIpc) is 3.22. The van der Waals surface area contributed by atoms with E-state index < -0.39 is 29.0 Å². The van der Waals surface area contributed by atoms with Crippen LogP contribution in [0.2, 0.25) is 0 Å². The fraction of sp³-hybridized carbons (Fsp3) is 0.478. The third-order valence-corrected chi connectivity index (χ3v) is 5.83. The number of anilines is 1. The highest BCUT2D eigenvalue weighted by molar-refractivity contribution is 5.80. The molecule has 1 N–H and O–H groups in total. The monoisotopic (exact) mass is 485 g/mol. The maximum Gasteiger partial charge on any atom is 0.417 e. The Bertz CT molecular complexity index is 1150. The molecule has 1 fully saturated rings. The predicted octanol–water partition coefficient (Wildman–Crippen LogP) is 5.97. The molecule has 0 radical (unpaired) electrons. The van der Waals surface area contributed by atoms with Crippen LogP contribution in [0.3, 0.4) is 0 Å². The summed E-state index contributed by atoms with van der Waals surface area (Å²) in [5.74, 6) is 0.904. The fourth-order valence-electron chi connectivity index (χ4n) is 4.45. The van der Waals surface area contributed by atoms with E-state index in [4.69, 9.17) is 0 Å². The first kappa shape index (κ1) is 24.3. The van der Waals surface area contributed by atoms with Gasteiger partial charge in [-0.15, -0.1) is 10.2 Å². The molecule has 3 heterocycles. The van der Waals surface area contributed by atoms with Crippen molar-refractivity contribution in [1.82, 2.24) is 19.5 Å². The number of hydrogen-bond acceptors (Lipinski definition) is 4. The van der Waals surface area contributed by atoms with Gasteiger partial charge in [-0.1, -0.05) is 19.9 Å². The standard InChI is InChI=1S/C23H25F6N5/c1-14(2)12-33-9-3-5-16(13-33)30-21-32-31-20(19-6-4-10-34(19)21)17-8-7-15(22(24,25)26)11-18(17)23(27,28)29/h4,6-8,10-11,14,16H,3,5,9,12-13H2,1-2H3,(H,30,32). The van der Waals surface area contributed by atoms with Crippen LogP contribution >= 0.6 is 0 Å². The van der Waals surface area contributed by atoms with Crippen LogP contribution in [-0.2, 0) is 12.4 Å². The minimum atomic E-state index is -5.00. The second-order valence-corrected chi connectivity index (χ2v) is 9.03. The largest absolute Gasteiger partial charge is 0.417 e. The Balaban J connectivity index is 1.70. The van der Waals surface area contributed by atoms with Crippen molar-refractivity contribution in [3.63, 3.8) is 0 Å². The van der Waals surface area contributed by atoms with Crippen LogP contribution < -0.4 is 5.32 Å². The second-order valence-electron chi connectivity index (χ2n) is 9.03.